The van der Waals surface area contributed by atoms with Gasteiger partial charge in [-0.15, -0.1) is 11.6 Å². The van der Waals surface area contributed by atoms with E-state index < -0.39 is 11.8 Å². The van der Waals surface area contributed by atoms with Crippen LogP contribution in [0.3, 0.4) is 0 Å². The van der Waals surface area contributed by atoms with Crippen LogP contribution in [0.4, 0.5) is 5.69 Å². The molecule has 0 aliphatic carbocycles. The molecule has 3 heterocycles. The molecule has 2 aromatic rings. The van der Waals surface area contributed by atoms with E-state index in [-0.39, 0.29) is 23.2 Å². The second-order valence-electron chi connectivity index (χ2n) is 7.22. The average Bonchev–Trinajstić information content (AvgIpc) is 3.21. The monoisotopic (exact) mass is 474 g/mol. The molecule has 1 unspecified atom stereocenters. The summed E-state index contributed by atoms with van der Waals surface area (Å²) in [4.78, 5) is 29.9. The molecule has 1 aliphatic rings. The first kappa shape index (κ1) is 24.4. The molecule has 3 rings (SSSR count). The number of carbonyl (C=O) groups is 2. The zero-order chi connectivity index (χ0) is 23.6. The number of aryl methyl sites for hydroxylation is 1. The van der Waals surface area contributed by atoms with Gasteiger partial charge in [0, 0.05) is 63.3 Å². The van der Waals surface area contributed by atoms with Gasteiger partial charge < -0.3 is 31.4 Å². The summed E-state index contributed by atoms with van der Waals surface area (Å²) in [7, 11) is 1.66. The van der Waals surface area contributed by atoms with Crippen molar-refractivity contribution in [2.24, 2.45) is 7.05 Å². The normalized spacial score (nSPS) is 16.2. The fraction of sp³-hybridized carbons (Fsp3) is 0.381. The van der Waals surface area contributed by atoms with E-state index >= 15 is 0 Å². The molecule has 11 nitrogen and oxygen atoms in total. The molecule has 0 bridgehead atoms. The van der Waals surface area contributed by atoms with Crippen LogP contribution in [0, 0.1) is 5.41 Å². The Labute approximate surface area is 196 Å². The van der Waals surface area contributed by atoms with Gasteiger partial charge in [-0.05, 0) is 12.1 Å². The lowest BCUT2D eigenvalue weighted by atomic mass is 10.2. The third-order valence-electron chi connectivity index (χ3n) is 4.72. The number of ether oxygens (including phenoxy) is 1. The third kappa shape index (κ3) is 6.85. The van der Waals surface area contributed by atoms with Crippen molar-refractivity contribution in [2.75, 3.05) is 44.0 Å². The molecule has 2 aromatic heterocycles. The number of rotatable bonds is 10. The SMILES string of the molecule is Cn1cc(NC(=O)c2cccc(/C(C=N)=C/NCCCl)n2)c(C(=O)NCC2CNCCO2)n1. The summed E-state index contributed by atoms with van der Waals surface area (Å²) >= 11 is 5.65. The van der Waals surface area contributed by atoms with Gasteiger partial charge in [-0.3, -0.25) is 14.3 Å². The summed E-state index contributed by atoms with van der Waals surface area (Å²) in [5.41, 5.74) is 1.44. The Kier molecular flexibility index (Phi) is 8.93. The summed E-state index contributed by atoms with van der Waals surface area (Å²) in [6.45, 7) is 2.90. The Morgan fingerprint density at radius 2 is 2.18 bits per heavy atom. The van der Waals surface area contributed by atoms with Crippen molar-refractivity contribution in [1.29, 1.82) is 5.41 Å². The zero-order valence-electron chi connectivity index (χ0n) is 18.2. The van der Waals surface area contributed by atoms with Gasteiger partial charge in [-0.2, -0.15) is 5.10 Å². The number of pyridine rings is 1. The minimum absolute atomic E-state index is 0.0936. The fourth-order valence-electron chi connectivity index (χ4n) is 3.12. The Bertz CT molecular complexity index is 1020. The van der Waals surface area contributed by atoms with Crippen LogP contribution in [0.15, 0.2) is 30.6 Å². The van der Waals surface area contributed by atoms with Gasteiger partial charge in [-0.1, -0.05) is 6.07 Å². The van der Waals surface area contributed by atoms with Crippen LogP contribution in [-0.2, 0) is 11.8 Å². The maximum Gasteiger partial charge on any atom is 0.274 e. The Morgan fingerprint density at radius 1 is 1.36 bits per heavy atom. The van der Waals surface area contributed by atoms with E-state index in [1.165, 1.54) is 4.68 Å². The van der Waals surface area contributed by atoms with Gasteiger partial charge in [0.05, 0.1) is 24.1 Å². The number of halogens is 1. The van der Waals surface area contributed by atoms with Crippen molar-refractivity contribution in [3.05, 3.63) is 47.7 Å². The lowest BCUT2D eigenvalue weighted by molar-refractivity contribution is 0.0287. The number of aromatic nitrogens is 3. The number of nitrogens with one attached hydrogen (secondary N) is 5. The van der Waals surface area contributed by atoms with E-state index in [1.54, 1.807) is 37.6 Å². The van der Waals surface area contributed by atoms with Crippen LogP contribution >= 0.6 is 11.6 Å². The number of alkyl halides is 1. The van der Waals surface area contributed by atoms with Crippen molar-refractivity contribution < 1.29 is 14.3 Å². The van der Waals surface area contributed by atoms with E-state index in [9.17, 15) is 9.59 Å². The first-order valence-corrected chi connectivity index (χ1v) is 11.0. The van der Waals surface area contributed by atoms with Crippen molar-refractivity contribution >= 4 is 40.9 Å². The number of nitrogens with zero attached hydrogens (tertiary/aromatic N) is 3. The number of hydrogen-bond acceptors (Lipinski definition) is 8. The predicted octanol–water partition coefficient (Wildman–Crippen LogP) is 0.604. The molecule has 12 heteroatoms. The Morgan fingerprint density at radius 3 is 2.91 bits per heavy atom. The second kappa shape index (κ2) is 12.1. The quantitative estimate of drug-likeness (QED) is 0.192. The predicted molar refractivity (Wildman–Crippen MR) is 126 cm³/mol. The highest BCUT2D eigenvalue weighted by Gasteiger charge is 2.21. The van der Waals surface area contributed by atoms with Gasteiger partial charge in [0.15, 0.2) is 5.69 Å². The van der Waals surface area contributed by atoms with Gasteiger partial charge >= 0.3 is 0 Å². The van der Waals surface area contributed by atoms with Gasteiger partial charge in [-0.25, -0.2) is 4.98 Å². The molecule has 1 atom stereocenters. The van der Waals surface area contributed by atoms with Gasteiger partial charge in [0.1, 0.15) is 5.69 Å². The van der Waals surface area contributed by atoms with Gasteiger partial charge in [0.25, 0.3) is 11.8 Å². The number of morpholine rings is 1. The van der Waals surface area contributed by atoms with Crippen molar-refractivity contribution in [1.82, 2.24) is 30.7 Å². The molecule has 0 spiro atoms. The Hall–Kier alpha value is -3.28. The maximum absolute atomic E-state index is 12.8. The molecule has 1 saturated heterocycles. The standard InChI is InChI=1S/C21H27ClN8O3/c1-30-13-18(19(29-30)21(32)26-12-15-11-25-7-8-33-15)28-20(31)17-4-2-3-16(27-17)14(9-23)10-24-6-5-22/h2-4,9-10,13,15,23-25H,5-8,11-12H2,1H3,(H,26,32)(H,28,31)/b14-10+,23-9?. The molecule has 0 saturated carbocycles. The minimum Gasteiger partial charge on any atom is -0.389 e. The van der Waals surface area contributed by atoms with E-state index in [4.69, 9.17) is 21.7 Å². The smallest absolute Gasteiger partial charge is 0.274 e. The molecular weight excluding hydrogens is 448 g/mol. The van der Waals surface area contributed by atoms with Crippen molar-refractivity contribution in [3.8, 4) is 0 Å². The van der Waals surface area contributed by atoms with Crippen LogP contribution in [0.5, 0.6) is 0 Å². The average molecular weight is 475 g/mol. The first-order valence-electron chi connectivity index (χ1n) is 10.4. The largest absolute Gasteiger partial charge is 0.389 e. The fourth-order valence-corrected chi connectivity index (χ4v) is 3.23. The number of allylic oxidation sites excluding steroid dienone is 1. The summed E-state index contributed by atoms with van der Waals surface area (Å²) in [5.74, 6) is -0.499. The lowest BCUT2D eigenvalue weighted by Crippen LogP contribution is -2.45. The summed E-state index contributed by atoms with van der Waals surface area (Å²) in [6, 6.07) is 4.92. The lowest BCUT2D eigenvalue weighted by Gasteiger charge is -2.23. The number of hydrogen-bond donors (Lipinski definition) is 5. The highest BCUT2D eigenvalue weighted by molar-refractivity contribution is 6.18. The van der Waals surface area contributed by atoms with E-state index in [0.29, 0.717) is 43.4 Å². The Balaban J connectivity index is 1.69. The van der Waals surface area contributed by atoms with Crippen LogP contribution in [0.1, 0.15) is 26.7 Å². The van der Waals surface area contributed by atoms with E-state index in [2.05, 4.69) is 31.3 Å². The maximum atomic E-state index is 12.8. The van der Waals surface area contributed by atoms with Crippen LogP contribution < -0.4 is 21.3 Å². The summed E-state index contributed by atoms with van der Waals surface area (Å²) < 4.78 is 7.03. The number of carbonyl (C=O) groups excluding carboxylic acids is 2. The van der Waals surface area contributed by atoms with E-state index in [0.717, 1.165) is 12.8 Å². The molecule has 176 valence electrons. The van der Waals surface area contributed by atoms with Crippen molar-refractivity contribution in [3.63, 3.8) is 0 Å². The van der Waals surface area contributed by atoms with Crippen molar-refractivity contribution in [2.45, 2.75) is 6.10 Å². The third-order valence-corrected chi connectivity index (χ3v) is 4.91. The molecule has 1 aliphatic heterocycles. The molecular formula is C21H27ClN8O3. The molecule has 2 amide bonds. The van der Waals surface area contributed by atoms with Crippen LogP contribution in [0.25, 0.3) is 5.57 Å². The number of anilines is 1. The minimum atomic E-state index is -0.503. The second-order valence-corrected chi connectivity index (χ2v) is 7.60. The molecule has 0 aromatic carbocycles. The number of amides is 2. The molecule has 0 radical (unpaired) electrons. The van der Waals surface area contributed by atoms with Crippen LogP contribution in [-0.4, -0.2) is 77.6 Å². The van der Waals surface area contributed by atoms with Crippen LogP contribution in [0.2, 0.25) is 0 Å². The zero-order valence-corrected chi connectivity index (χ0v) is 19.0. The van der Waals surface area contributed by atoms with E-state index in [1.807, 2.05) is 0 Å². The highest BCUT2D eigenvalue weighted by atomic mass is 35.5. The summed E-state index contributed by atoms with van der Waals surface area (Å²) in [6.07, 6.45) is 4.19. The molecule has 1 fully saturated rings. The molecule has 5 N–H and O–H groups in total. The topological polar surface area (TPSA) is 146 Å². The summed E-state index contributed by atoms with van der Waals surface area (Å²) in [5, 5.41) is 23.5. The first-order chi connectivity index (χ1) is 16.0. The molecule has 33 heavy (non-hydrogen) atoms. The van der Waals surface area contributed by atoms with Gasteiger partial charge in [0.2, 0.25) is 0 Å². The highest BCUT2D eigenvalue weighted by Crippen LogP contribution is 2.16.